The highest BCUT2D eigenvalue weighted by atomic mass is 127. The van der Waals surface area contributed by atoms with Crippen LogP contribution < -0.4 is 10.6 Å². The Kier molecular flexibility index (Phi) is 4.17. The van der Waals surface area contributed by atoms with Gasteiger partial charge in [-0.15, -0.1) is 0 Å². The number of hydrogen-bond donors (Lipinski definition) is 3. The number of nitrogens with one attached hydrogen (secondary N) is 3. The van der Waals surface area contributed by atoms with Gasteiger partial charge in [-0.25, -0.2) is 9.97 Å². The van der Waals surface area contributed by atoms with Crippen LogP contribution in [-0.2, 0) is 0 Å². The van der Waals surface area contributed by atoms with Crippen LogP contribution in [0.4, 0.5) is 5.95 Å². The Balaban J connectivity index is 1.69. The number of nitrogens with zero attached hydrogens (tertiary/aromatic N) is 2. The van der Waals surface area contributed by atoms with Gasteiger partial charge in [0.25, 0.3) is 0 Å². The summed E-state index contributed by atoms with van der Waals surface area (Å²) in [4.78, 5) is 12.6. The minimum Gasteiger partial charge on any atom is -0.360 e. The molecule has 1 saturated heterocycles. The number of hydrogen-bond acceptors (Lipinski definition) is 4. The summed E-state index contributed by atoms with van der Waals surface area (Å²) < 4.78 is 1.06. The molecule has 1 fully saturated rings. The van der Waals surface area contributed by atoms with E-state index < -0.39 is 0 Å². The van der Waals surface area contributed by atoms with Crippen LogP contribution in [-0.4, -0.2) is 34.1 Å². The molecule has 2 aromatic heterocycles. The lowest BCUT2D eigenvalue weighted by atomic mass is 10.1. The fourth-order valence-electron chi connectivity index (χ4n) is 3.05. The SMILES string of the molecule is Ic1cnc(N[C@H]2CCCNC2)nc1-c1c[nH]c2ccccc12. The maximum absolute atomic E-state index is 4.78. The molecule has 118 valence electrons. The minimum absolute atomic E-state index is 0.402. The molecule has 0 amide bonds. The van der Waals surface area contributed by atoms with Crippen molar-refractivity contribution < 1.29 is 0 Å². The highest BCUT2D eigenvalue weighted by molar-refractivity contribution is 14.1. The van der Waals surface area contributed by atoms with Crippen LogP contribution >= 0.6 is 22.6 Å². The van der Waals surface area contributed by atoms with Gasteiger partial charge < -0.3 is 15.6 Å². The van der Waals surface area contributed by atoms with Crippen molar-refractivity contribution in [1.29, 1.82) is 0 Å². The van der Waals surface area contributed by atoms with E-state index >= 15 is 0 Å². The molecule has 3 N–H and O–H groups in total. The van der Waals surface area contributed by atoms with Gasteiger partial charge in [0.1, 0.15) is 0 Å². The molecule has 0 bridgehead atoms. The molecule has 0 radical (unpaired) electrons. The van der Waals surface area contributed by atoms with E-state index in [-0.39, 0.29) is 0 Å². The monoisotopic (exact) mass is 419 g/mol. The molecule has 1 aliphatic rings. The number of fused-ring (bicyclic) bond motifs is 1. The number of aromatic amines is 1. The van der Waals surface area contributed by atoms with Crippen molar-refractivity contribution in [3.8, 4) is 11.3 Å². The molecule has 3 aromatic rings. The Labute approximate surface area is 148 Å². The molecule has 4 rings (SSSR count). The molecule has 1 aromatic carbocycles. The molecular formula is C17H18IN5. The summed E-state index contributed by atoms with van der Waals surface area (Å²) in [5, 5.41) is 8.06. The molecular weight excluding hydrogens is 401 g/mol. The number of benzene rings is 1. The molecule has 3 heterocycles. The summed E-state index contributed by atoms with van der Waals surface area (Å²) in [7, 11) is 0. The van der Waals surface area contributed by atoms with Crippen molar-refractivity contribution in [2.45, 2.75) is 18.9 Å². The summed E-state index contributed by atoms with van der Waals surface area (Å²) in [6.45, 7) is 2.07. The van der Waals surface area contributed by atoms with Crippen LogP contribution in [0, 0.1) is 3.57 Å². The number of halogens is 1. The third-order valence-electron chi connectivity index (χ3n) is 4.22. The fourth-order valence-corrected chi connectivity index (χ4v) is 3.60. The van der Waals surface area contributed by atoms with Gasteiger partial charge in [0, 0.05) is 41.4 Å². The number of para-hydroxylation sites is 1. The molecule has 0 unspecified atom stereocenters. The van der Waals surface area contributed by atoms with Gasteiger partial charge in [-0.2, -0.15) is 0 Å². The Bertz CT molecular complexity index is 823. The predicted molar refractivity (Wildman–Crippen MR) is 102 cm³/mol. The first-order chi connectivity index (χ1) is 11.3. The number of anilines is 1. The largest absolute Gasteiger partial charge is 0.360 e. The molecule has 6 heteroatoms. The minimum atomic E-state index is 0.402. The van der Waals surface area contributed by atoms with Crippen molar-refractivity contribution in [1.82, 2.24) is 20.3 Å². The summed E-state index contributed by atoms with van der Waals surface area (Å²) >= 11 is 2.30. The van der Waals surface area contributed by atoms with Gasteiger partial charge in [-0.05, 0) is 48.0 Å². The zero-order valence-corrected chi connectivity index (χ0v) is 14.8. The Morgan fingerprint density at radius 3 is 3.04 bits per heavy atom. The normalized spacial score (nSPS) is 18.2. The van der Waals surface area contributed by atoms with E-state index in [2.05, 4.69) is 61.4 Å². The fraction of sp³-hybridized carbons (Fsp3) is 0.294. The van der Waals surface area contributed by atoms with E-state index in [0.717, 1.165) is 39.9 Å². The molecule has 1 atom stereocenters. The average molecular weight is 419 g/mol. The van der Waals surface area contributed by atoms with Gasteiger partial charge in [0.05, 0.1) is 9.26 Å². The second-order valence-corrected chi connectivity index (χ2v) is 6.99. The van der Waals surface area contributed by atoms with E-state index in [0.29, 0.717) is 12.0 Å². The zero-order valence-electron chi connectivity index (χ0n) is 12.6. The van der Waals surface area contributed by atoms with Crippen molar-refractivity contribution in [3.63, 3.8) is 0 Å². The summed E-state index contributed by atoms with van der Waals surface area (Å²) in [5.74, 6) is 0.708. The lowest BCUT2D eigenvalue weighted by Crippen LogP contribution is -2.38. The Hall–Kier alpha value is -1.67. The zero-order chi connectivity index (χ0) is 15.6. The van der Waals surface area contributed by atoms with Crippen LogP contribution in [0.5, 0.6) is 0 Å². The quantitative estimate of drug-likeness (QED) is 0.570. The predicted octanol–water partition coefficient (Wildman–Crippen LogP) is 3.39. The first-order valence-corrected chi connectivity index (χ1v) is 8.95. The Morgan fingerprint density at radius 1 is 1.26 bits per heavy atom. The maximum Gasteiger partial charge on any atom is 0.223 e. The van der Waals surface area contributed by atoms with E-state index in [1.165, 1.54) is 11.8 Å². The number of aromatic nitrogens is 3. The lowest BCUT2D eigenvalue weighted by Gasteiger charge is -2.23. The van der Waals surface area contributed by atoms with E-state index in [1.807, 2.05) is 18.5 Å². The van der Waals surface area contributed by atoms with E-state index in [1.54, 1.807) is 0 Å². The second-order valence-electron chi connectivity index (χ2n) is 5.83. The number of piperidine rings is 1. The molecule has 0 saturated carbocycles. The summed E-state index contributed by atoms with van der Waals surface area (Å²) in [6.07, 6.45) is 6.27. The van der Waals surface area contributed by atoms with Crippen molar-refractivity contribution >= 4 is 39.4 Å². The van der Waals surface area contributed by atoms with Gasteiger partial charge in [-0.3, -0.25) is 0 Å². The van der Waals surface area contributed by atoms with Gasteiger partial charge in [0.15, 0.2) is 0 Å². The Morgan fingerprint density at radius 2 is 2.17 bits per heavy atom. The molecule has 5 nitrogen and oxygen atoms in total. The van der Waals surface area contributed by atoms with Crippen molar-refractivity contribution in [3.05, 3.63) is 40.2 Å². The van der Waals surface area contributed by atoms with Gasteiger partial charge in [0.2, 0.25) is 5.95 Å². The van der Waals surface area contributed by atoms with Gasteiger partial charge >= 0.3 is 0 Å². The summed E-state index contributed by atoms with van der Waals surface area (Å²) in [5.41, 5.74) is 3.23. The van der Waals surface area contributed by atoms with E-state index in [9.17, 15) is 0 Å². The molecule has 0 spiro atoms. The number of H-pyrrole nitrogens is 1. The van der Waals surface area contributed by atoms with Crippen LogP contribution in [0.2, 0.25) is 0 Å². The molecule has 23 heavy (non-hydrogen) atoms. The maximum atomic E-state index is 4.78. The highest BCUT2D eigenvalue weighted by Gasteiger charge is 2.16. The lowest BCUT2D eigenvalue weighted by molar-refractivity contribution is 0.478. The van der Waals surface area contributed by atoms with Crippen LogP contribution in [0.15, 0.2) is 36.7 Å². The van der Waals surface area contributed by atoms with Crippen LogP contribution in [0.1, 0.15) is 12.8 Å². The third-order valence-corrected chi connectivity index (χ3v) is 5.01. The smallest absolute Gasteiger partial charge is 0.223 e. The first kappa shape index (κ1) is 14.9. The van der Waals surface area contributed by atoms with E-state index in [4.69, 9.17) is 4.98 Å². The molecule has 1 aliphatic heterocycles. The van der Waals surface area contributed by atoms with Gasteiger partial charge in [-0.1, -0.05) is 18.2 Å². The van der Waals surface area contributed by atoms with Crippen molar-refractivity contribution in [2.24, 2.45) is 0 Å². The van der Waals surface area contributed by atoms with Crippen LogP contribution in [0.25, 0.3) is 22.2 Å². The molecule has 0 aliphatic carbocycles. The third kappa shape index (κ3) is 3.05. The average Bonchev–Trinajstić information content (AvgIpc) is 3.01. The van der Waals surface area contributed by atoms with Crippen molar-refractivity contribution in [2.75, 3.05) is 18.4 Å². The first-order valence-electron chi connectivity index (χ1n) is 7.87. The number of rotatable bonds is 3. The highest BCUT2D eigenvalue weighted by Crippen LogP contribution is 2.30. The van der Waals surface area contributed by atoms with Crippen LogP contribution in [0.3, 0.4) is 0 Å². The topological polar surface area (TPSA) is 65.6 Å². The standard InChI is InChI=1S/C17H18IN5/c18-14-10-21-17(22-11-4-3-7-19-8-11)23-16(14)13-9-20-15-6-2-1-5-12(13)15/h1-2,5-6,9-11,19-20H,3-4,7-8H2,(H,21,22,23)/t11-/m0/s1. The summed E-state index contributed by atoms with van der Waals surface area (Å²) in [6, 6.07) is 8.70. The second kappa shape index (κ2) is 6.45.